The lowest BCUT2D eigenvalue weighted by Crippen LogP contribution is -2.49. The van der Waals surface area contributed by atoms with E-state index in [4.69, 9.17) is 17.3 Å². The smallest absolute Gasteiger partial charge is 0.241 e. The maximum Gasteiger partial charge on any atom is 0.241 e. The number of hydrogen-bond acceptors (Lipinski definition) is 5. The molecule has 1 aliphatic heterocycles. The quantitative estimate of drug-likeness (QED) is 0.500. The predicted octanol–water partition coefficient (Wildman–Crippen LogP) is 3.48. The minimum Gasteiger partial charge on any atom is -0.370 e. The van der Waals surface area contributed by atoms with Crippen molar-refractivity contribution in [2.45, 2.75) is 19.3 Å². The lowest BCUT2D eigenvalue weighted by atomic mass is 10.0. The molecular weight excluding hydrogens is 452 g/mol. The van der Waals surface area contributed by atoms with Gasteiger partial charge in [0.2, 0.25) is 11.8 Å². The van der Waals surface area contributed by atoms with Crippen LogP contribution in [0.2, 0.25) is 5.02 Å². The number of H-pyrrole nitrogens is 1. The molecule has 3 aromatic rings. The minimum atomic E-state index is -0.202. The average Bonchev–Trinajstić information content (AvgIpc) is 3.45. The Bertz CT molecular complexity index is 1240. The molecule has 0 radical (unpaired) electrons. The second kappa shape index (κ2) is 9.27. The largest absolute Gasteiger partial charge is 0.370 e. The molecule has 2 fully saturated rings. The first kappa shape index (κ1) is 22.7. The summed E-state index contributed by atoms with van der Waals surface area (Å²) >= 11 is 6.68. The Labute approximate surface area is 203 Å². The van der Waals surface area contributed by atoms with E-state index in [0.29, 0.717) is 29.8 Å². The fourth-order valence-corrected chi connectivity index (χ4v) is 5.38. The highest BCUT2D eigenvalue weighted by atomic mass is 35.5. The zero-order valence-corrected chi connectivity index (χ0v) is 19.9. The summed E-state index contributed by atoms with van der Waals surface area (Å²) in [5, 5.41) is 4.95. The highest BCUT2D eigenvalue weighted by molar-refractivity contribution is 6.34. The van der Waals surface area contributed by atoms with Gasteiger partial charge in [0.25, 0.3) is 0 Å². The zero-order valence-electron chi connectivity index (χ0n) is 19.2. The van der Waals surface area contributed by atoms with Crippen LogP contribution in [-0.4, -0.2) is 59.9 Å². The Morgan fingerprint density at radius 3 is 2.88 bits per heavy atom. The molecular formula is C25H29ClN6O2. The molecule has 4 N–H and O–H groups in total. The number of nitrogens with zero attached hydrogens (tertiary/aromatic N) is 3. The maximum atomic E-state index is 12.6. The van der Waals surface area contributed by atoms with Crippen LogP contribution < -0.4 is 16.0 Å². The fourth-order valence-electron chi connectivity index (χ4n) is 5.13. The van der Waals surface area contributed by atoms with Crippen LogP contribution in [0.5, 0.6) is 0 Å². The number of aromatic nitrogens is 2. The summed E-state index contributed by atoms with van der Waals surface area (Å²) in [5.74, 6) is 0.990. The molecule has 2 aliphatic rings. The van der Waals surface area contributed by atoms with Crippen LogP contribution in [0.1, 0.15) is 19.3 Å². The van der Waals surface area contributed by atoms with Crippen molar-refractivity contribution >= 4 is 45.8 Å². The van der Waals surface area contributed by atoms with E-state index >= 15 is 0 Å². The van der Waals surface area contributed by atoms with E-state index in [9.17, 15) is 9.59 Å². The Kier molecular flexibility index (Phi) is 6.18. The van der Waals surface area contributed by atoms with Crippen LogP contribution in [0, 0.1) is 11.8 Å². The van der Waals surface area contributed by atoms with Crippen LogP contribution >= 0.6 is 11.6 Å². The van der Waals surface area contributed by atoms with Gasteiger partial charge in [-0.25, -0.2) is 4.98 Å². The number of aromatic amines is 1. The summed E-state index contributed by atoms with van der Waals surface area (Å²) in [6, 6.07) is 7.82. The third-order valence-corrected chi connectivity index (χ3v) is 7.37. The van der Waals surface area contributed by atoms with Gasteiger partial charge in [-0.2, -0.15) is 0 Å². The molecule has 0 bridgehead atoms. The Hall–Kier alpha value is -3.10. The first-order chi connectivity index (χ1) is 16.4. The van der Waals surface area contributed by atoms with Crippen LogP contribution in [0.15, 0.2) is 36.7 Å². The number of pyridine rings is 1. The van der Waals surface area contributed by atoms with E-state index in [2.05, 4.69) is 15.3 Å². The van der Waals surface area contributed by atoms with Crippen molar-refractivity contribution in [3.8, 4) is 11.1 Å². The topological polar surface area (TPSA) is 107 Å². The number of primary amides is 1. The summed E-state index contributed by atoms with van der Waals surface area (Å²) < 4.78 is 0. The van der Waals surface area contributed by atoms with Crippen LogP contribution in [0.25, 0.3) is 22.0 Å². The van der Waals surface area contributed by atoms with Crippen LogP contribution in [0.4, 0.5) is 11.5 Å². The standard InChI is InChI=1S/C25H29ClN6O2/c1-31-7-8-32(23(33)14-31)21-4-2-3-17-18(12-30-24(17)21)19-13-29-22(10-20(19)26)28-11-15-5-6-16(9-15)25(27)34/h2-4,10,12-13,15-16,30H,5-9,11,14H2,1H3,(H2,27,34)(H,28,29). The highest BCUT2D eigenvalue weighted by Crippen LogP contribution is 2.38. The number of halogens is 1. The molecule has 2 atom stereocenters. The van der Waals surface area contributed by atoms with Gasteiger partial charge >= 0.3 is 0 Å². The third kappa shape index (κ3) is 4.35. The number of carbonyl (C=O) groups is 2. The number of carbonyl (C=O) groups excluding carboxylic acids is 2. The summed E-state index contributed by atoms with van der Waals surface area (Å²) in [5.41, 5.74) is 9.02. The van der Waals surface area contributed by atoms with Crippen molar-refractivity contribution in [3.05, 3.63) is 41.7 Å². The number of likely N-dealkylation sites (N-methyl/N-ethyl adjacent to an activating group) is 1. The van der Waals surface area contributed by atoms with Gasteiger partial charge in [-0.05, 0) is 44.4 Å². The van der Waals surface area contributed by atoms with Crippen molar-refractivity contribution < 1.29 is 9.59 Å². The molecule has 9 heteroatoms. The number of amides is 2. The second-order valence-corrected chi connectivity index (χ2v) is 9.80. The zero-order chi connectivity index (χ0) is 23.8. The van der Waals surface area contributed by atoms with Gasteiger partial charge in [0.15, 0.2) is 0 Å². The first-order valence-corrected chi connectivity index (χ1v) is 12.1. The van der Waals surface area contributed by atoms with Crippen molar-refractivity contribution in [2.75, 3.05) is 43.4 Å². The molecule has 178 valence electrons. The molecule has 1 aromatic carbocycles. The number of piperazine rings is 1. The SMILES string of the molecule is CN1CCN(c2cccc3c(-c4cnc(NCC5CCC(C(N)=O)C5)cc4Cl)c[nH]c23)C(=O)C1. The molecule has 1 saturated heterocycles. The molecule has 1 aliphatic carbocycles. The summed E-state index contributed by atoms with van der Waals surface area (Å²) in [6.07, 6.45) is 6.37. The van der Waals surface area contributed by atoms with E-state index in [-0.39, 0.29) is 17.7 Å². The Morgan fingerprint density at radius 1 is 1.29 bits per heavy atom. The molecule has 2 unspecified atom stereocenters. The monoisotopic (exact) mass is 480 g/mol. The van der Waals surface area contributed by atoms with E-state index in [0.717, 1.165) is 60.1 Å². The minimum absolute atomic E-state index is 0.0152. The van der Waals surface area contributed by atoms with E-state index in [1.54, 1.807) is 6.20 Å². The van der Waals surface area contributed by atoms with Gasteiger partial charge < -0.3 is 20.9 Å². The molecule has 2 aromatic heterocycles. The van der Waals surface area contributed by atoms with Crippen molar-refractivity contribution in [1.82, 2.24) is 14.9 Å². The molecule has 0 spiro atoms. The van der Waals surface area contributed by atoms with E-state index < -0.39 is 0 Å². The number of nitrogens with two attached hydrogens (primary N) is 1. The fraction of sp³-hybridized carbons (Fsp3) is 0.400. The van der Waals surface area contributed by atoms with Gasteiger partial charge in [0.05, 0.1) is 22.8 Å². The number of fused-ring (bicyclic) bond motifs is 1. The number of nitrogens with one attached hydrogen (secondary N) is 2. The Morgan fingerprint density at radius 2 is 2.15 bits per heavy atom. The average molecular weight is 481 g/mol. The molecule has 5 rings (SSSR count). The van der Waals surface area contributed by atoms with Gasteiger partial charge in [0, 0.05) is 54.5 Å². The van der Waals surface area contributed by atoms with Crippen LogP contribution in [0.3, 0.4) is 0 Å². The number of hydrogen-bond donors (Lipinski definition) is 3. The van der Waals surface area contributed by atoms with Gasteiger partial charge in [-0.1, -0.05) is 23.7 Å². The van der Waals surface area contributed by atoms with Crippen molar-refractivity contribution in [3.63, 3.8) is 0 Å². The predicted molar refractivity (Wildman–Crippen MR) is 135 cm³/mol. The number of benzene rings is 1. The normalized spacial score (nSPS) is 21.4. The lowest BCUT2D eigenvalue weighted by Gasteiger charge is -2.32. The van der Waals surface area contributed by atoms with Crippen LogP contribution in [-0.2, 0) is 9.59 Å². The van der Waals surface area contributed by atoms with E-state index in [1.165, 1.54) is 0 Å². The first-order valence-electron chi connectivity index (χ1n) is 11.7. The molecule has 8 nitrogen and oxygen atoms in total. The molecule has 3 heterocycles. The van der Waals surface area contributed by atoms with Gasteiger partial charge in [0.1, 0.15) is 5.82 Å². The summed E-state index contributed by atoms with van der Waals surface area (Å²) in [4.78, 5) is 35.8. The second-order valence-electron chi connectivity index (χ2n) is 9.39. The van der Waals surface area contributed by atoms with Crippen molar-refractivity contribution in [2.24, 2.45) is 17.6 Å². The van der Waals surface area contributed by atoms with E-state index in [1.807, 2.05) is 47.3 Å². The van der Waals surface area contributed by atoms with Gasteiger partial charge in [-0.3, -0.25) is 14.5 Å². The third-order valence-electron chi connectivity index (χ3n) is 7.05. The molecule has 34 heavy (non-hydrogen) atoms. The van der Waals surface area contributed by atoms with Crippen molar-refractivity contribution in [1.29, 1.82) is 0 Å². The molecule has 1 saturated carbocycles. The summed E-state index contributed by atoms with van der Waals surface area (Å²) in [6.45, 7) is 2.65. The lowest BCUT2D eigenvalue weighted by molar-refractivity contribution is -0.122. The Balaban J connectivity index is 1.35. The summed E-state index contributed by atoms with van der Waals surface area (Å²) in [7, 11) is 1.96. The number of rotatable bonds is 6. The van der Waals surface area contributed by atoms with Gasteiger partial charge in [-0.15, -0.1) is 0 Å². The molecule has 2 amide bonds. The number of para-hydroxylation sites is 1. The number of anilines is 2. The maximum absolute atomic E-state index is 12.6. The highest BCUT2D eigenvalue weighted by Gasteiger charge is 2.28.